The van der Waals surface area contributed by atoms with Gasteiger partial charge in [-0.3, -0.25) is 14.9 Å². The van der Waals surface area contributed by atoms with Gasteiger partial charge < -0.3 is 19.5 Å². The molecule has 33 heavy (non-hydrogen) atoms. The molecule has 2 aromatic rings. The molecule has 0 atom stereocenters. The first-order valence-electron chi connectivity index (χ1n) is 11.1. The Balaban J connectivity index is 1.37. The minimum absolute atomic E-state index is 0.457. The van der Waals surface area contributed by atoms with Gasteiger partial charge >= 0.3 is 12.0 Å². The number of hydrogen-bond donors (Lipinski definition) is 2. The quantitative estimate of drug-likeness (QED) is 0.670. The van der Waals surface area contributed by atoms with Crippen molar-refractivity contribution < 1.29 is 28.6 Å². The normalized spacial score (nSPS) is 16.1. The van der Waals surface area contributed by atoms with Gasteiger partial charge in [0.15, 0.2) is 18.1 Å². The smallest absolute Gasteiger partial charge is 0.325 e. The summed E-state index contributed by atoms with van der Waals surface area (Å²) in [6.07, 6.45) is 3.02. The minimum Gasteiger partial charge on any atom is -0.486 e. The maximum atomic E-state index is 13.1. The van der Waals surface area contributed by atoms with Crippen LogP contribution in [0.4, 0.5) is 10.5 Å². The number of esters is 1. The number of ether oxygens (including phenoxy) is 3. The molecule has 1 fully saturated rings. The molecule has 0 saturated heterocycles. The van der Waals surface area contributed by atoms with Crippen molar-refractivity contribution >= 4 is 23.6 Å². The number of hydrogen-bond acceptors (Lipinski definition) is 6. The maximum absolute atomic E-state index is 13.1. The van der Waals surface area contributed by atoms with Crippen molar-refractivity contribution in [3.63, 3.8) is 0 Å². The summed E-state index contributed by atoms with van der Waals surface area (Å²) in [5.74, 6) is 0.0990. The standard InChI is InChI=1S/C25H28N2O6/c1-16-5-7-19(17(2)13-16)26-24(30)27-22(28)15-33-23(29)25(9-3-4-10-25)18-6-8-20-21(14-18)32-12-11-31-20/h5-8,13-14H,3-4,9-12,15H2,1-2H3,(H2,26,27,28,30). The van der Waals surface area contributed by atoms with Crippen molar-refractivity contribution in [1.82, 2.24) is 5.32 Å². The number of carbonyl (C=O) groups is 3. The summed E-state index contributed by atoms with van der Waals surface area (Å²) in [6.45, 7) is 4.23. The Hall–Kier alpha value is -3.55. The first-order valence-corrected chi connectivity index (χ1v) is 11.1. The SMILES string of the molecule is Cc1ccc(NC(=O)NC(=O)COC(=O)C2(c3ccc4c(c3)OCCO4)CCCC2)c(C)c1. The molecular formula is C25H28N2O6. The molecule has 2 aliphatic rings. The molecule has 4 rings (SSSR count). The van der Waals surface area contributed by atoms with E-state index in [2.05, 4.69) is 10.6 Å². The van der Waals surface area contributed by atoms with Crippen LogP contribution in [0.15, 0.2) is 36.4 Å². The lowest BCUT2D eigenvalue weighted by Gasteiger charge is -2.28. The molecule has 8 nitrogen and oxygen atoms in total. The van der Waals surface area contributed by atoms with Gasteiger partial charge in [-0.05, 0) is 56.0 Å². The average Bonchev–Trinajstić information content (AvgIpc) is 3.30. The van der Waals surface area contributed by atoms with Crippen molar-refractivity contribution in [3.8, 4) is 11.5 Å². The van der Waals surface area contributed by atoms with Crippen LogP contribution in [0.5, 0.6) is 11.5 Å². The number of aryl methyl sites for hydroxylation is 2. The maximum Gasteiger partial charge on any atom is 0.325 e. The van der Waals surface area contributed by atoms with Crippen LogP contribution in [0.2, 0.25) is 0 Å². The highest BCUT2D eigenvalue weighted by Gasteiger charge is 2.45. The zero-order valence-electron chi connectivity index (χ0n) is 18.9. The highest BCUT2D eigenvalue weighted by atomic mass is 16.6. The molecule has 0 unspecified atom stereocenters. The molecule has 0 radical (unpaired) electrons. The fourth-order valence-electron chi connectivity index (χ4n) is 4.47. The fourth-order valence-corrected chi connectivity index (χ4v) is 4.47. The van der Waals surface area contributed by atoms with Gasteiger partial charge in [-0.2, -0.15) is 0 Å². The number of imide groups is 1. The number of anilines is 1. The fraction of sp³-hybridized carbons (Fsp3) is 0.400. The van der Waals surface area contributed by atoms with Crippen LogP contribution in [-0.4, -0.2) is 37.7 Å². The van der Waals surface area contributed by atoms with Crippen molar-refractivity contribution in [2.45, 2.75) is 44.9 Å². The average molecular weight is 453 g/mol. The van der Waals surface area contributed by atoms with Crippen LogP contribution in [0.3, 0.4) is 0 Å². The van der Waals surface area contributed by atoms with E-state index in [9.17, 15) is 14.4 Å². The second-order valence-electron chi connectivity index (χ2n) is 8.54. The lowest BCUT2D eigenvalue weighted by Crippen LogP contribution is -2.40. The highest BCUT2D eigenvalue weighted by Crippen LogP contribution is 2.45. The number of rotatable bonds is 5. The molecule has 1 heterocycles. The number of urea groups is 1. The van der Waals surface area contributed by atoms with Gasteiger partial charge in [0.25, 0.3) is 5.91 Å². The van der Waals surface area contributed by atoms with Gasteiger partial charge in [0.1, 0.15) is 13.2 Å². The summed E-state index contributed by atoms with van der Waals surface area (Å²) in [5, 5.41) is 4.84. The topological polar surface area (TPSA) is 103 Å². The third kappa shape index (κ3) is 4.94. The molecular weight excluding hydrogens is 424 g/mol. The van der Waals surface area contributed by atoms with Crippen molar-refractivity contribution in [2.75, 3.05) is 25.1 Å². The molecule has 3 amide bonds. The van der Waals surface area contributed by atoms with Gasteiger partial charge in [-0.1, -0.05) is 36.6 Å². The van der Waals surface area contributed by atoms with Gasteiger partial charge in [0.05, 0.1) is 5.41 Å². The van der Waals surface area contributed by atoms with E-state index in [1.54, 1.807) is 12.1 Å². The van der Waals surface area contributed by atoms with Gasteiger partial charge in [0, 0.05) is 5.69 Å². The Kier molecular flexibility index (Phi) is 6.53. The van der Waals surface area contributed by atoms with Gasteiger partial charge in [0.2, 0.25) is 0 Å². The zero-order valence-corrected chi connectivity index (χ0v) is 18.9. The molecule has 1 saturated carbocycles. The number of fused-ring (bicyclic) bond motifs is 1. The summed E-state index contributed by atoms with van der Waals surface area (Å²) in [5.41, 5.74) is 2.51. The molecule has 0 bridgehead atoms. The van der Waals surface area contributed by atoms with Crippen molar-refractivity contribution in [2.24, 2.45) is 0 Å². The van der Waals surface area contributed by atoms with E-state index in [-0.39, 0.29) is 0 Å². The molecule has 0 spiro atoms. The first kappa shape index (κ1) is 22.6. The molecule has 0 aromatic heterocycles. The second-order valence-corrected chi connectivity index (χ2v) is 8.54. The van der Waals surface area contributed by atoms with Crippen molar-refractivity contribution in [3.05, 3.63) is 53.1 Å². The van der Waals surface area contributed by atoms with Crippen molar-refractivity contribution in [1.29, 1.82) is 0 Å². The monoisotopic (exact) mass is 452 g/mol. The Bertz CT molecular complexity index is 1070. The van der Waals surface area contributed by atoms with Gasteiger partial charge in [-0.25, -0.2) is 4.79 Å². The van der Waals surface area contributed by atoms with E-state index < -0.39 is 29.9 Å². The highest BCUT2D eigenvalue weighted by molar-refractivity contribution is 6.02. The molecule has 8 heteroatoms. The summed E-state index contributed by atoms with van der Waals surface area (Å²) < 4.78 is 16.6. The molecule has 174 valence electrons. The first-order chi connectivity index (χ1) is 15.9. The number of nitrogens with one attached hydrogen (secondary N) is 2. The largest absolute Gasteiger partial charge is 0.486 e. The molecule has 2 aromatic carbocycles. The number of carbonyl (C=O) groups excluding carboxylic acids is 3. The second kappa shape index (κ2) is 9.52. The van der Waals surface area contributed by atoms with Crippen LogP contribution in [0.25, 0.3) is 0 Å². The zero-order chi connectivity index (χ0) is 23.4. The number of benzene rings is 2. The predicted octanol–water partition coefficient (Wildman–Crippen LogP) is 3.78. The van der Waals surface area contributed by atoms with Gasteiger partial charge in [-0.15, -0.1) is 0 Å². The van der Waals surface area contributed by atoms with E-state index in [0.717, 1.165) is 29.5 Å². The Morgan fingerprint density at radius 3 is 2.42 bits per heavy atom. The van der Waals surface area contributed by atoms with E-state index in [1.807, 2.05) is 38.1 Å². The summed E-state index contributed by atoms with van der Waals surface area (Å²) in [4.78, 5) is 37.5. The predicted molar refractivity (Wildman–Crippen MR) is 122 cm³/mol. The van der Waals surface area contributed by atoms with E-state index in [0.29, 0.717) is 43.2 Å². The van der Waals surface area contributed by atoms with E-state index in [1.165, 1.54) is 0 Å². The van der Waals surface area contributed by atoms with E-state index >= 15 is 0 Å². The van der Waals surface area contributed by atoms with Crippen LogP contribution in [-0.2, 0) is 19.7 Å². The van der Waals surface area contributed by atoms with Crippen LogP contribution >= 0.6 is 0 Å². The minimum atomic E-state index is -0.836. The Labute approximate surface area is 192 Å². The third-order valence-electron chi connectivity index (χ3n) is 6.16. The molecule has 2 N–H and O–H groups in total. The summed E-state index contributed by atoms with van der Waals surface area (Å²) in [7, 11) is 0. The lowest BCUT2D eigenvalue weighted by atomic mass is 9.78. The van der Waals surface area contributed by atoms with E-state index in [4.69, 9.17) is 14.2 Å². The Morgan fingerprint density at radius 1 is 0.970 bits per heavy atom. The summed E-state index contributed by atoms with van der Waals surface area (Å²) in [6, 6.07) is 10.4. The molecule has 1 aliphatic carbocycles. The lowest BCUT2D eigenvalue weighted by molar-refractivity contribution is -0.154. The van der Waals surface area contributed by atoms with Crippen LogP contribution < -0.4 is 20.1 Å². The number of amides is 3. The summed E-state index contributed by atoms with van der Waals surface area (Å²) >= 11 is 0. The Morgan fingerprint density at radius 2 is 1.70 bits per heavy atom. The molecule has 1 aliphatic heterocycles. The van der Waals surface area contributed by atoms with Crippen LogP contribution in [0.1, 0.15) is 42.4 Å². The third-order valence-corrected chi connectivity index (χ3v) is 6.16. The van der Waals surface area contributed by atoms with Crippen LogP contribution in [0, 0.1) is 13.8 Å².